The smallest absolute Gasteiger partial charge is 0.0758 e. The second kappa shape index (κ2) is 5.48. The zero-order valence-corrected chi connectivity index (χ0v) is 13.3. The maximum atomic E-state index is 5.65. The van der Waals surface area contributed by atoms with Gasteiger partial charge in [-0.1, -0.05) is 0 Å². The van der Waals surface area contributed by atoms with Crippen molar-refractivity contribution in [3.05, 3.63) is 19.2 Å². The van der Waals surface area contributed by atoms with Crippen LogP contribution in [0.2, 0.25) is 0 Å². The van der Waals surface area contributed by atoms with Crippen molar-refractivity contribution >= 4 is 43.2 Å². The number of ether oxygens (including phenoxy) is 1. The van der Waals surface area contributed by atoms with Gasteiger partial charge in [-0.05, 0) is 63.9 Å². The van der Waals surface area contributed by atoms with Crippen LogP contribution in [0.1, 0.15) is 24.9 Å². The lowest BCUT2D eigenvalue weighted by molar-refractivity contribution is 0.117. The standard InChI is InChI=1S/C11H15Br2NOS/c1-6-3-7(5-15-6)10(14-2)8-4-9(12)16-11(8)13/h4,6-7,10,14H,3,5H2,1-2H3. The van der Waals surface area contributed by atoms with Gasteiger partial charge >= 0.3 is 0 Å². The lowest BCUT2D eigenvalue weighted by atomic mass is 9.93. The van der Waals surface area contributed by atoms with Crippen molar-refractivity contribution in [3.8, 4) is 0 Å². The monoisotopic (exact) mass is 367 g/mol. The zero-order valence-electron chi connectivity index (χ0n) is 9.30. The Kier molecular flexibility index (Phi) is 4.46. The van der Waals surface area contributed by atoms with E-state index in [0.717, 1.165) is 13.0 Å². The van der Waals surface area contributed by atoms with E-state index >= 15 is 0 Å². The predicted octanol–water partition coefficient (Wildman–Crippen LogP) is 3.96. The molecule has 0 spiro atoms. The van der Waals surface area contributed by atoms with Gasteiger partial charge in [0.15, 0.2) is 0 Å². The second-order valence-electron chi connectivity index (χ2n) is 4.19. The van der Waals surface area contributed by atoms with E-state index < -0.39 is 0 Å². The van der Waals surface area contributed by atoms with Crippen LogP contribution in [-0.4, -0.2) is 19.8 Å². The quantitative estimate of drug-likeness (QED) is 0.871. The molecule has 90 valence electrons. The molecular weight excluding hydrogens is 354 g/mol. The SMILES string of the molecule is CNC(c1cc(Br)sc1Br)C1COC(C)C1. The molecule has 2 heterocycles. The minimum atomic E-state index is 0.377. The van der Waals surface area contributed by atoms with Gasteiger partial charge in [-0.2, -0.15) is 0 Å². The minimum absolute atomic E-state index is 0.377. The maximum absolute atomic E-state index is 5.65. The molecule has 1 saturated heterocycles. The summed E-state index contributed by atoms with van der Waals surface area (Å²) in [6, 6.07) is 2.57. The summed E-state index contributed by atoms with van der Waals surface area (Å²) in [6.45, 7) is 3.00. The summed E-state index contributed by atoms with van der Waals surface area (Å²) in [5.74, 6) is 0.567. The van der Waals surface area contributed by atoms with Gasteiger partial charge in [0, 0.05) is 12.0 Å². The number of hydrogen-bond donors (Lipinski definition) is 1. The number of thiophene rings is 1. The topological polar surface area (TPSA) is 21.3 Å². The zero-order chi connectivity index (χ0) is 11.7. The van der Waals surface area contributed by atoms with E-state index in [1.54, 1.807) is 11.3 Å². The molecule has 2 rings (SSSR count). The highest BCUT2D eigenvalue weighted by atomic mass is 79.9. The fraction of sp³-hybridized carbons (Fsp3) is 0.636. The van der Waals surface area contributed by atoms with Gasteiger partial charge in [-0.3, -0.25) is 0 Å². The Morgan fingerprint density at radius 1 is 1.56 bits per heavy atom. The normalized spacial score (nSPS) is 27.2. The van der Waals surface area contributed by atoms with Crippen molar-refractivity contribution in [2.45, 2.75) is 25.5 Å². The third-order valence-electron chi connectivity index (χ3n) is 3.03. The van der Waals surface area contributed by atoms with E-state index in [9.17, 15) is 0 Å². The van der Waals surface area contributed by atoms with Crippen LogP contribution in [0.3, 0.4) is 0 Å². The summed E-state index contributed by atoms with van der Waals surface area (Å²) in [5, 5.41) is 3.41. The molecule has 3 atom stereocenters. The summed E-state index contributed by atoms with van der Waals surface area (Å²) < 4.78 is 8.03. The lowest BCUT2D eigenvalue weighted by Gasteiger charge is -2.21. The Morgan fingerprint density at radius 2 is 2.31 bits per heavy atom. The number of halogens is 2. The van der Waals surface area contributed by atoms with Crippen LogP contribution in [0.4, 0.5) is 0 Å². The van der Waals surface area contributed by atoms with E-state index in [1.807, 2.05) is 7.05 Å². The molecule has 0 radical (unpaired) electrons. The van der Waals surface area contributed by atoms with Crippen molar-refractivity contribution in [2.24, 2.45) is 5.92 Å². The van der Waals surface area contributed by atoms with Crippen LogP contribution < -0.4 is 5.32 Å². The number of nitrogens with one attached hydrogen (secondary N) is 1. The van der Waals surface area contributed by atoms with Gasteiger partial charge < -0.3 is 10.1 Å². The Labute approximate surface area is 117 Å². The maximum Gasteiger partial charge on any atom is 0.0758 e. The molecule has 0 amide bonds. The van der Waals surface area contributed by atoms with Crippen LogP contribution in [0.25, 0.3) is 0 Å². The van der Waals surface area contributed by atoms with Crippen LogP contribution in [0.15, 0.2) is 13.6 Å². The van der Waals surface area contributed by atoms with Crippen molar-refractivity contribution in [2.75, 3.05) is 13.7 Å². The third-order valence-corrected chi connectivity index (χ3v) is 5.42. The molecule has 0 bridgehead atoms. The van der Waals surface area contributed by atoms with E-state index in [-0.39, 0.29) is 0 Å². The molecule has 1 aliphatic rings. The van der Waals surface area contributed by atoms with Crippen molar-refractivity contribution in [1.29, 1.82) is 0 Å². The highest BCUT2D eigenvalue weighted by Gasteiger charge is 2.31. The fourth-order valence-electron chi connectivity index (χ4n) is 2.29. The van der Waals surface area contributed by atoms with Gasteiger partial charge in [0.1, 0.15) is 0 Å². The molecule has 0 saturated carbocycles. The van der Waals surface area contributed by atoms with Gasteiger partial charge in [0.05, 0.1) is 20.3 Å². The highest BCUT2D eigenvalue weighted by Crippen LogP contribution is 2.40. The number of hydrogen-bond acceptors (Lipinski definition) is 3. The fourth-order valence-corrected chi connectivity index (χ4v) is 5.22. The van der Waals surface area contributed by atoms with Gasteiger partial charge in [-0.15, -0.1) is 11.3 Å². The molecule has 1 aromatic rings. The molecular formula is C11H15Br2NOS. The number of rotatable bonds is 3. The summed E-state index contributed by atoms with van der Waals surface area (Å²) in [6.07, 6.45) is 1.52. The molecule has 0 aromatic carbocycles. The van der Waals surface area contributed by atoms with Gasteiger partial charge in [0.25, 0.3) is 0 Å². The molecule has 1 N–H and O–H groups in total. The van der Waals surface area contributed by atoms with Crippen LogP contribution in [0.5, 0.6) is 0 Å². The first kappa shape index (κ1) is 13.0. The molecule has 1 fully saturated rings. The van der Waals surface area contributed by atoms with E-state index in [0.29, 0.717) is 18.1 Å². The van der Waals surface area contributed by atoms with E-state index in [4.69, 9.17) is 4.74 Å². The summed E-state index contributed by atoms with van der Waals surface area (Å²) in [4.78, 5) is 0. The molecule has 5 heteroatoms. The van der Waals surface area contributed by atoms with Crippen LogP contribution in [0, 0.1) is 5.92 Å². The molecule has 1 aromatic heterocycles. The first-order valence-electron chi connectivity index (χ1n) is 5.35. The van der Waals surface area contributed by atoms with Gasteiger partial charge in [-0.25, -0.2) is 0 Å². The largest absolute Gasteiger partial charge is 0.378 e. The second-order valence-corrected chi connectivity index (χ2v) is 7.93. The molecule has 2 nitrogen and oxygen atoms in total. The van der Waals surface area contributed by atoms with Crippen molar-refractivity contribution in [3.63, 3.8) is 0 Å². The molecule has 16 heavy (non-hydrogen) atoms. The average Bonchev–Trinajstić information content (AvgIpc) is 2.76. The van der Waals surface area contributed by atoms with Crippen LogP contribution in [-0.2, 0) is 4.74 Å². The molecule has 1 aliphatic heterocycles. The lowest BCUT2D eigenvalue weighted by Crippen LogP contribution is -2.25. The van der Waals surface area contributed by atoms with E-state index in [2.05, 4.69) is 50.2 Å². The molecule has 0 aliphatic carbocycles. The Bertz CT molecular complexity index is 369. The summed E-state index contributed by atoms with van der Waals surface area (Å²) >= 11 is 8.88. The Hall–Kier alpha value is 0.580. The third kappa shape index (κ3) is 2.70. The first-order valence-corrected chi connectivity index (χ1v) is 7.75. The predicted molar refractivity (Wildman–Crippen MR) is 75.0 cm³/mol. The van der Waals surface area contributed by atoms with Gasteiger partial charge in [0.2, 0.25) is 0 Å². The van der Waals surface area contributed by atoms with Crippen molar-refractivity contribution in [1.82, 2.24) is 5.32 Å². The van der Waals surface area contributed by atoms with Crippen molar-refractivity contribution < 1.29 is 4.74 Å². The Morgan fingerprint density at radius 3 is 2.75 bits per heavy atom. The summed E-state index contributed by atoms with van der Waals surface area (Å²) in [7, 11) is 2.02. The average molecular weight is 369 g/mol. The van der Waals surface area contributed by atoms with E-state index in [1.165, 1.54) is 13.1 Å². The summed E-state index contributed by atoms with van der Waals surface area (Å²) in [5.41, 5.74) is 1.34. The molecule has 3 unspecified atom stereocenters. The minimum Gasteiger partial charge on any atom is -0.378 e. The van der Waals surface area contributed by atoms with Crippen LogP contribution >= 0.6 is 43.2 Å². The highest BCUT2D eigenvalue weighted by molar-refractivity contribution is 9.12. The Balaban J connectivity index is 2.19. The first-order chi connectivity index (χ1) is 7.61.